The number of amides is 1. The van der Waals surface area contributed by atoms with E-state index in [0.29, 0.717) is 36.7 Å². The van der Waals surface area contributed by atoms with Gasteiger partial charge in [0.15, 0.2) is 6.10 Å². The molecule has 0 aromatic heterocycles. The fraction of sp³-hybridized carbons (Fsp3) is 0.500. The highest BCUT2D eigenvalue weighted by Crippen LogP contribution is 2.23. The van der Waals surface area contributed by atoms with Crippen LogP contribution in [0.4, 0.5) is 0 Å². The summed E-state index contributed by atoms with van der Waals surface area (Å²) in [4.78, 5) is 25.0. The molecule has 1 N–H and O–H groups in total. The van der Waals surface area contributed by atoms with E-state index in [1.807, 2.05) is 6.92 Å². The third kappa shape index (κ3) is 3.91. The van der Waals surface area contributed by atoms with Gasteiger partial charge in [-0.25, -0.2) is 0 Å². The topological polar surface area (TPSA) is 66.8 Å². The van der Waals surface area contributed by atoms with Crippen LogP contribution in [0.15, 0.2) is 18.2 Å². The second-order valence-electron chi connectivity index (χ2n) is 5.61. The van der Waals surface area contributed by atoms with Crippen molar-refractivity contribution in [1.82, 2.24) is 4.90 Å². The lowest BCUT2D eigenvalue weighted by molar-refractivity contribution is -0.147. The summed E-state index contributed by atoms with van der Waals surface area (Å²) in [6, 6.07) is 5.26. The second-order valence-corrected chi connectivity index (χ2v) is 6.02. The molecule has 0 aliphatic carbocycles. The number of carbonyl (C=O) groups is 2. The Labute approximate surface area is 134 Å². The van der Waals surface area contributed by atoms with E-state index in [1.165, 1.54) is 0 Å². The van der Waals surface area contributed by atoms with Gasteiger partial charge in [-0.15, -0.1) is 0 Å². The van der Waals surface area contributed by atoms with Crippen LogP contribution in [0.1, 0.15) is 25.3 Å². The van der Waals surface area contributed by atoms with Gasteiger partial charge in [0.25, 0.3) is 5.91 Å². The van der Waals surface area contributed by atoms with Gasteiger partial charge in [-0.1, -0.05) is 11.6 Å². The number of piperidine rings is 1. The second kappa shape index (κ2) is 7.01. The van der Waals surface area contributed by atoms with Crippen LogP contribution >= 0.6 is 11.6 Å². The third-order valence-electron chi connectivity index (χ3n) is 3.95. The zero-order valence-electron chi connectivity index (χ0n) is 12.7. The van der Waals surface area contributed by atoms with Crippen LogP contribution < -0.4 is 4.74 Å². The van der Waals surface area contributed by atoms with Crippen molar-refractivity contribution >= 4 is 23.5 Å². The molecule has 1 heterocycles. The number of benzene rings is 1. The van der Waals surface area contributed by atoms with Gasteiger partial charge in [0.2, 0.25) is 0 Å². The first-order valence-electron chi connectivity index (χ1n) is 7.33. The number of carboxylic acid groups (broad SMARTS) is 1. The van der Waals surface area contributed by atoms with Crippen molar-refractivity contribution < 1.29 is 19.4 Å². The average Bonchev–Trinajstić information content (AvgIpc) is 2.50. The Morgan fingerprint density at radius 2 is 2.00 bits per heavy atom. The van der Waals surface area contributed by atoms with Gasteiger partial charge in [0, 0.05) is 18.1 Å². The molecule has 5 nitrogen and oxygen atoms in total. The van der Waals surface area contributed by atoms with Gasteiger partial charge < -0.3 is 14.7 Å². The van der Waals surface area contributed by atoms with Crippen molar-refractivity contribution in [1.29, 1.82) is 0 Å². The third-order valence-corrected chi connectivity index (χ3v) is 4.37. The van der Waals surface area contributed by atoms with Crippen LogP contribution in [0.25, 0.3) is 0 Å². The maximum atomic E-state index is 12.4. The Bertz CT molecular complexity index is 567. The minimum absolute atomic E-state index is 0.114. The standard InChI is InChI=1S/C16H20ClNO4/c1-10-9-13(3-4-14(10)17)22-11(2)15(19)18-7-5-12(6-8-18)16(20)21/h3-4,9,11-12H,5-8H2,1-2H3,(H,20,21). The molecule has 1 unspecified atom stereocenters. The lowest BCUT2D eigenvalue weighted by Gasteiger charge is -2.32. The Morgan fingerprint density at radius 1 is 1.36 bits per heavy atom. The lowest BCUT2D eigenvalue weighted by atomic mass is 9.97. The van der Waals surface area contributed by atoms with E-state index in [0.717, 1.165) is 5.56 Å². The van der Waals surface area contributed by atoms with E-state index in [-0.39, 0.29) is 11.8 Å². The molecule has 6 heteroatoms. The molecule has 1 atom stereocenters. The van der Waals surface area contributed by atoms with E-state index in [1.54, 1.807) is 30.0 Å². The number of ether oxygens (including phenoxy) is 1. The van der Waals surface area contributed by atoms with Crippen LogP contribution in [0, 0.1) is 12.8 Å². The van der Waals surface area contributed by atoms with Crippen LogP contribution in [0.3, 0.4) is 0 Å². The number of aliphatic carboxylic acids is 1. The predicted octanol–water partition coefficient (Wildman–Crippen LogP) is 2.74. The molecule has 1 aliphatic rings. The number of carboxylic acids is 1. The quantitative estimate of drug-likeness (QED) is 0.924. The van der Waals surface area contributed by atoms with Crippen LogP contribution in [-0.4, -0.2) is 41.1 Å². The molecule has 0 saturated carbocycles. The zero-order chi connectivity index (χ0) is 16.3. The van der Waals surface area contributed by atoms with Gasteiger partial charge in [0.1, 0.15) is 5.75 Å². The molecule has 120 valence electrons. The number of halogens is 1. The van der Waals surface area contributed by atoms with E-state index < -0.39 is 12.1 Å². The summed E-state index contributed by atoms with van der Waals surface area (Å²) >= 11 is 5.96. The highest BCUT2D eigenvalue weighted by molar-refractivity contribution is 6.31. The molecule has 1 saturated heterocycles. The molecule has 22 heavy (non-hydrogen) atoms. The smallest absolute Gasteiger partial charge is 0.306 e. The minimum atomic E-state index is -0.784. The van der Waals surface area contributed by atoms with Gasteiger partial charge in [-0.3, -0.25) is 9.59 Å². The highest BCUT2D eigenvalue weighted by Gasteiger charge is 2.29. The molecule has 0 bridgehead atoms. The number of carbonyl (C=O) groups excluding carboxylic acids is 1. The van der Waals surface area contributed by atoms with Gasteiger partial charge >= 0.3 is 5.97 Å². The van der Waals surface area contributed by atoms with E-state index in [4.69, 9.17) is 21.4 Å². The first-order valence-corrected chi connectivity index (χ1v) is 7.70. The van der Waals surface area contributed by atoms with Crippen molar-refractivity contribution in [2.24, 2.45) is 5.92 Å². The zero-order valence-corrected chi connectivity index (χ0v) is 13.5. The number of hydrogen-bond donors (Lipinski definition) is 1. The maximum Gasteiger partial charge on any atom is 0.306 e. The monoisotopic (exact) mass is 325 g/mol. The van der Waals surface area contributed by atoms with Gasteiger partial charge in [-0.2, -0.15) is 0 Å². The minimum Gasteiger partial charge on any atom is -0.481 e. The van der Waals surface area contributed by atoms with E-state index in [9.17, 15) is 9.59 Å². The molecule has 1 aliphatic heterocycles. The van der Waals surface area contributed by atoms with E-state index in [2.05, 4.69) is 0 Å². The molecule has 0 radical (unpaired) electrons. The normalized spacial score (nSPS) is 17.1. The lowest BCUT2D eigenvalue weighted by Crippen LogP contribution is -2.45. The molecular weight excluding hydrogens is 306 g/mol. The molecule has 1 amide bonds. The predicted molar refractivity (Wildman–Crippen MR) is 83.2 cm³/mol. The Hall–Kier alpha value is -1.75. The fourth-order valence-electron chi connectivity index (χ4n) is 2.55. The largest absolute Gasteiger partial charge is 0.481 e. The summed E-state index contributed by atoms with van der Waals surface area (Å²) in [5.74, 6) is -0.646. The van der Waals surface area contributed by atoms with E-state index >= 15 is 0 Å². The number of aryl methyl sites for hydroxylation is 1. The Morgan fingerprint density at radius 3 is 2.55 bits per heavy atom. The number of nitrogens with zero attached hydrogens (tertiary/aromatic N) is 1. The van der Waals surface area contributed by atoms with Crippen LogP contribution in [-0.2, 0) is 9.59 Å². The van der Waals surface area contributed by atoms with Crippen molar-refractivity contribution in [3.63, 3.8) is 0 Å². The SMILES string of the molecule is Cc1cc(OC(C)C(=O)N2CCC(C(=O)O)CC2)ccc1Cl. The van der Waals surface area contributed by atoms with Crippen LogP contribution in [0.2, 0.25) is 5.02 Å². The van der Waals surface area contributed by atoms with Crippen molar-refractivity contribution in [2.45, 2.75) is 32.8 Å². The molecule has 1 aromatic carbocycles. The molecule has 1 aromatic rings. The Kier molecular flexibility index (Phi) is 5.29. The van der Waals surface area contributed by atoms with Crippen molar-refractivity contribution in [2.75, 3.05) is 13.1 Å². The average molecular weight is 326 g/mol. The van der Waals surface area contributed by atoms with Gasteiger partial charge in [0.05, 0.1) is 5.92 Å². The summed E-state index contributed by atoms with van der Waals surface area (Å²) < 4.78 is 5.67. The summed E-state index contributed by atoms with van der Waals surface area (Å²) in [5.41, 5.74) is 0.890. The first kappa shape index (κ1) is 16.6. The first-order chi connectivity index (χ1) is 10.4. The maximum absolute atomic E-state index is 12.4. The summed E-state index contributed by atoms with van der Waals surface area (Å²) in [6.45, 7) is 4.50. The highest BCUT2D eigenvalue weighted by atomic mass is 35.5. The number of likely N-dealkylation sites (tertiary alicyclic amines) is 1. The summed E-state index contributed by atoms with van der Waals surface area (Å²) in [6.07, 6.45) is 0.378. The fourth-order valence-corrected chi connectivity index (χ4v) is 2.67. The molecule has 2 rings (SSSR count). The molecule has 0 spiro atoms. The molecular formula is C16H20ClNO4. The summed E-state index contributed by atoms with van der Waals surface area (Å²) in [5, 5.41) is 9.63. The summed E-state index contributed by atoms with van der Waals surface area (Å²) in [7, 11) is 0. The van der Waals surface area contributed by atoms with Gasteiger partial charge in [-0.05, 0) is 50.5 Å². The van der Waals surface area contributed by atoms with Crippen molar-refractivity contribution in [3.8, 4) is 5.75 Å². The van der Waals surface area contributed by atoms with Crippen LogP contribution in [0.5, 0.6) is 5.75 Å². The number of rotatable bonds is 4. The Balaban J connectivity index is 1.92. The number of hydrogen-bond acceptors (Lipinski definition) is 3. The molecule has 1 fully saturated rings. The van der Waals surface area contributed by atoms with Crippen molar-refractivity contribution in [3.05, 3.63) is 28.8 Å².